The van der Waals surface area contributed by atoms with Crippen molar-refractivity contribution in [3.05, 3.63) is 60.2 Å². The van der Waals surface area contributed by atoms with E-state index in [-0.39, 0.29) is 18.0 Å². The number of carbonyl (C=O) groups is 2. The van der Waals surface area contributed by atoms with E-state index in [1.807, 2.05) is 47.4 Å². The van der Waals surface area contributed by atoms with E-state index in [1.54, 1.807) is 17.0 Å². The summed E-state index contributed by atoms with van der Waals surface area (Å²) in [5.74, 6) is 0.721. The first-order valence-electron chi connectivity index (χ1n) is 11.0. The van der Waals surface area contributed by atoms with Crippen LogP contribution in [0.4, 0.5) is 10.5 Å². The number of hydrogen-bond acceptors (Lipinski definition) is 5. The van der Waals surface area contributed by atoms with E-state index in [4.69, 9.17) is 9.47 Å². The van der Waals surface area contributed by atoms with Crippen LogP contribution >= 0.6 is 0 Å². The van der Waals surface area contributed by atoms with Crippen molar-refractivity contribution in [2.75, 3.05) is 64.8 Å². The first-order valence-corrected chi connectivity index (χ1v) is 11.0. The molecule has 32 heavy (non-hydrogen) atoms. The summed E-state index contributed by atoms with van der Waals surface area (Å²) in [6.45, 7) is 4.79. The van der Waals surface area contributed by atoms with Gasteiger partial charge in [0.15, 0.2) is 0 Å². The van der Waals surface area contributed by atoms with Crippen LogP contribution in [-0.4, -0.2) is 92.3 Å². The molecule has 1 unspecified atom stereocenters. The van der Waals surface area contributed by atoms with Crippen LogP contribution in [-0.2, 0) is 4.74 Å². The van der Waals surface area contributed by atoms with E-state index in [9.17, 15) is 9.59 Å². The third kappa shape index (κ3) is 5.57. The predicted octanol–water partition coefficient (Wildman–Crippen LogP) is 2.39. The fourth-order valence-electron chi connectivity index (χ4n) is 3.86. The highest BCUT2D eigenvalue weighted by Crippen LogP contribution is 2.20. The summed E-state index contributed by atoms with van der Waals surface area (Å²) in [7, 11) is 2.05. The maximum Gasteiger partial charge on any atom is 0.322 e. The van der Waals surface area contributed by atoms with Gasteiger partial charge in [-0.2, -0.15) is 0 Å². The number of ether oxygens (including phenoxy) is 2. The molecule has 3 amide bonds. The van der Waals surface area contributed by atoms with Crippen LogP contribution in [0.2, 0.25) is 0 Å². The molecule has 2 aromatic carbocycles. The van der Waals surface area contributed by atoms with E-state index in [0.717, 1.165) is 18.8 Å². The average Bonchev–Trinajstić information content (AvgIpc) is 2.84. The van der Waals surface area contributed by atoms with Gasteiger partial charge in [-0.05, 0) is 31.3 Å². The zero-order valence-corrected chi connectivity index (χ0v) is 18.4. The lowest BCUT2D eigenvalue weighted by atomic mass is 10.1. The highest BCUT2D eigenvalue weighted by molar-refractivity contribution is 6.03. The van der Waals surface area contributed by atoms with Crippen LogP contribution < -0.4 is 10.1 Å². The lowest BCUT2D eigenvalue weighted by molar-refractivity contribution is -0.0336. The molecule has 0 saturated carbocycles. The Hall–Kier alpha value is -3.10. The van der Waals surface area contributed by atoms with E-state index >= 15 is 0 Å². The summed E-state index contributed by atoms with van der Waals surface area (Å²) < 4.78 is 11.5. The van der Waals surface area contributed by atoms with Gasteiger partial charge in [0.1, 0.15) is 18.5 Å². The van der Waals surface area contributed by atoms with E-state index in [1.165, 1.54) is 0 Å². The van der Waals surface area contributed by atoms with Crippen molar-refractivity contribution in [1.29, 1.82) is 0 Å². The van der Waals surface area contributed by atoms with Gasteiger partial charge < -0.3 is 29.5 Å². The fourth-order valence-corrected chi connectivity index (χ4v) is 3.86. The quantitative estimate of drug-likeness (QED) is 0.776. The minimum absolute atomic E-state index is 0.0508. The Bertz CT molecular complexity index is 915. The van der Waals surface area contributed by atoms with Crippen LogP contribution in [0.25, 0.3) is 0 Å². The predicted molar refractivity (Wildman–Crippen MR) is 122 cm³/mol. The minimum Gasteiger partial charge on any atom is -0.491 e. The number of nitrogens with zero attached hydrogens (tertiary/aromatic N) is 3. The number of piperazine rings is 1. The Morgan fingerprint density at radius 1 is 0.969 bits per heavy atom. The molecule has 0 aromatic heterocycles. The Labute approximate surface area is 188 Å². The molecule has 2 aromatic rings. The number of carbonyl (C=O) groups excluding carboxylic acids is 2. The number of para-hydroxylation sites is 2. The zero-order chi connectivity index (χ0) is 22.3. The lowest BCUT2D eigenvalue weighted by Gasteiger charge is -2.34. The van der Waals surface area contributed by atoms with E-state index in [2.05, 4.69) is 17.3 Å². The summed E-state index contributed by atoms with van der Waals surface area (Å²) in [6.07, 6.45) is -0.211. The molecule has 170 valence electrons. The average molecular weight is 439 g/mol. The lowest BCUT2D eigenvalue weighted by Crippen LogP contribution is -2.49. The molecule has 8 heteroatoms. The van der Waals surface area contributed by atoms with Gasteiger partial charge in [-0.3, -0.25) is 4.79 Å². The normalized spacial score (nSPS) is 19.5. The molecular weight excluding hydrogens is 408 g/mol. The topological polar surface area (TPSA) is 74.4 Å². The molecule has 0 spiro atoms. The first-order chi connectivity index (χ1) is 15.6. The highest BCUT2D eigenvalue weighted by atomic mass is 16.5. The molecule has 2 heterocycles. The largest absolute Gasteiger partial charge is 0.491 e. The smallest absolute Gasteiger partial charge is 0.322 e. The Balaban J connectivity index is 1.35. The Kier molecular flexibility index (Phi) is 7.24. The third-order valence-electron chi connectivity index (χ3n) is 5.79. The van der Waals surface area contributed by atoms with Crippen molar-refractivity contribution in [3.63, 3.8) is 0 Å². The molecule has 1 N–H and O–H groups in total. The van der Waals surface area contributed by atoms with Crippen molar-refractivity contribution in [3.8, 4) is 5.75 Å². The van der Waals surface area contributed by atoms with Gasteiger partial charge in [0.05, 0.1) is 24.4 Å². The number of rotatable bonds is 5. The van der Waals surface area contributed by atoms with Crippen molar-refractivity contribution >= 4 is 17.6 Å². The van der Waals surface area contributed by atoms with E-state index in [0.29, 0.717) is 50.6 Å². The van der Waals surface area contributed by atoms with Gasteiger partial charge in [0.25, 0.3) is 5.91 Å². The molecule has 2 fully saturated rings. The summed E-state index contributed by atoms with van der Waals surface area (Å²) in [4.78, 5) is 31.8. The van der Waals surface area contributed by atoms with Gasteiger partial charge in [-0.25, -0.2) is 4.79 Å². The number of morpholine rings is 1. The molecule has 0 radical (unpaired) electrons. The summed E-state index contributed by atoms with van der Waals surface area (Å²) >= 11 is 0. The molecule has 2 saturated heterocycles. The standard InChI is InChI=1S/C24H30N4O4/c1-26-11-13-27(14-12-26)23(29)21-9-5-6-10-22(21)25-24(30)28-15-16-31-20(17-28)18-32-19-7-3-2-4-8-19/h2-10,20H,11-18H2,1H3,(H,25,30). The van der Waals surface area contributed by atoms with Crippen LogP contribution in [0.3, 0.4) is 0 Å². The van der Waals surface area contributed by atoms with Gasteiger partial charge >= 0.3 is 6.03 Å². The van der Waals surface area contributed by atoms with Crippen molar-refractivity contribution in [2.45, 2.75) is 6.10 Å². The van der Waals surface area contributed by atoms with Gasteiger partial charge in [-0.1, -0.05) is 30.3 Å². The Morgan fingerprint density at radius 3 is 2.47 bits per heavy atom. The molecule has 4 rings (SSSR count). The number of likely N-dealkylation sites (N-methyl/N-ethyl adjacent to an activating group) is 1. The summed E-state index contributed by atoms with van der Waals surface area (Å²) in [5, 5.41) is 2.94. The minimum atomic E-state index is -0.239. The van der Waals surface area contributed by atoms with Crippen LogP contribution in [0, 0.1) is 0 Å². The van der Waals surface area contributed by atoms with Gasteiger partial charge in [-0.15, -0.1) is 0 Å². The number of amides is 3. The van der Waals surface area contributed by atoms with Crippen molar-refractivity contribution < 1.29 is 19.1 Å². The second kappa shape index (κ2) is 10.5. The van der Waals surface area contributed by atoms with Crippen LogP contribution in [0.5, 0.6) is 5.75 Å². The fraction of sp³-hybridized carbons (Fsp3) is 0.417. The number of nitrogens with one attached hydrogen (secondary N) is 1. The summed E-state index contributed by atoms with van der Waals surface area (Å²) in [5.41, 5.74) is 1.05. The second-order valence-corrected chi connectivity index (χ2v) is 8.13. The van der Waals surface area contributed by atoms with Crippen LogP contribution in [0.1, 0.15) is 10.4 Å². The number of urea groups is 1. The molecule has 2 aliphatic rings. The molecular formula is C24H30N4O4. The molecule has 0 aliphatic carbocycles. The third-order valence-corrected chi connectivity index (χ3v) is 5.79. The summed E-state index contributed by atoms with van der Waals surface area (Å²) in [6, 6.07) is 16.5. The first kappa shape index (κ1) is 22.1. The monoisotopic (exact) mass is 438 g/mol. The van der Waals surface area contributed by atoms with Crippen LogP contribution in [0.15, 0.2) is 54.6 Å². The van der Waals surface area contributed by atoms with E-state index < -0.39 is 0 Å². The van der Waals surface area contributed by atoms with Crippen molar-refractivity contribution in [2.24, 2.45) is 0 Å². The number of hydrogen-bond donors (Lipinski definition) is 1. The SMILES string of the molecule is CN1CCN(C(=O)c2ccccc2NC(=O)N2CCOC(COc3ccccc3)C2)CC1. The number of benzene rings is 2. The zero-order valence-electron chi connectivity index (χ0n) is 18.4. The van der Waals surface area contributed by atoms with Gasteiger partial charge in [0.2, 0.25) is 0 Å². The Morgan fingerprint density at radius 2 is 1.69 bits per heavy atom. The maximum absolute atomic E-state index is 13.1. The molecule has 2 aliphatic heterocycles. The molecule has 8 nitrogen and oxygen atoms in total. The van der Waals surface area contributed by atoms with Gasteiger partial charge in [0, 0.05) is 32.7 Å². The number of anilines is 1. The molecule has 1 atom stereocenters. The van der Waals surface area contributed by atoms with Crippen molar-refractivity contribution in [1.82, 2.24) is 14.7 Å². The molecule has 0 bridgehead atoms. The second-order valence-electron chi connectivity index (χ2n) is 8.13. The highest BCUT2D eigenvalue weighted by Gasteiger charge is 2.27. The maximum atomic E-state index is 13.1.